The Morgan fingerprint density at radius 2 is 2.13 bits per heavy atom. The highest BCUT2D eigenvalue weighted by atomic mass is 32.2. The second-order valence-corrected chi connectivity index (χ2v) is 4.70. The number of nitrogens with zero attached hydrogens (tertiary/aromatic N) is 1. The number of nitrogens with two attached hydrogens (primary N) is 1. The summed E-state index contributed by atoms with van der Waals surface area (Å²) in [7, 11) is 0. The summed E-state index contributed by atoms with van der Waals surface area (Å²) >= 11 is -1.99. The molecule has 0 aliphatic heterocycles. The number of hydrogen-bond acceptors (Lipinski definition) is 2. The van der Waals surface area contributed by atoms with E-state index in [1.165, 1.54) is 4.31 Å². The van der Waals surface area contributed by atoms with Crippen LogP contribution >= 0.6 is 0 Å². The molecule has 0 heterocycles. The van der Waals surface area contributed by atoms with Gasteiger partial charge >= 0.3 is 0 Å². The summed E-state index contributed by atoms with van der Waals surface area (Å²) in [6, 6.07) is 7.14. The van der Waals surface area contributed by atoms with E-state index in [-0.39, 0.29) is 0 Å². The van der Waals surface area contributed by atoms with Crippen molar-refractivity contribution in [1.82, 2.24) is 0 Å². The van der Waals surface area contributed by atoms with E-state index >= 15 is 0 Å². The maximum Gasteiger partial charge on any atom is 0.261 e. The molecule has 5 heteroatoms. The number of anilines is 2. The van der Waals surface area contributed by atoms with Crippen molar-refractivity contribution >= 4 is 22.6 Å². The number of nitrogen functional groups attached to an aromatic ring is 1. The summed E-state index contributed by atoms with van der Waals surface area (Å²) in [5.74, 6) is 0.542. The van der Waals surface area contributed by atoms with Gasteiger partial charge in [-0.2, -0.15) is 0 Å². The van der Waals surface area contributed by atoms with Crippen molar-refractivity contribution in [1.29, 1.82) is 0 Å². The molecule has 0 saturated heterocycles. The van der Waals surface area contributed by atoms with Gasteiger partial charge in [0, 0.05) is 6.54 Å². The maximum atomic E-state index is 11.2. The van der Waals surface area contributed by atoms with E-state index in [4.69, 9.17) is 5.73 Å². The zero-order valence-electron chi connectivity index (χ0n) is 8.30. The van der Waals surface area contributed by atoms with Gasteiger partial charge in [-0.3, -0.25) is 8.86 Å². The molecule has 0 spiro atoms. The van der Waals surface area contributed by atoms with Crippen LogP contribution in [0.1, 0.15) is 12.8 Å². The molecule has 4 nitrogen and oxygen atoms in total. The van der Waals surface area contributed by atoms with Crippen LogP contribution in [0.2, 0.25) is 0 Å². The fourth-order valence-electron chi connectivity index (χ4n) is 1.50. The zero-order chi connectivity index (χ0) is 10.8. The molecule has 82 valence electrons. The monoisotopic (exact) mass is 226 g/mol. The lowest BCUT2D eigenvalue weighted by molar-refractivity contribution is 0.556. The van der Waals surface area contributed by atoms with Crippen molar-refractivity contribution in [3.63, 3.8) is 0 Å². The van der Waals surface area contributed by atoms with Crippen LogP contribution in [0.15, 0.2) is 24.3 Å². The molecule has 1 aliphatic rings. The molecule has 1 saturated carbocycles. The van der Waals surface area contributed by atoms with E-state index < -0.39 is 11.3 Å². The molecule has 2 rings (SSSR count). The van der Waals surface area contributed by atoms with Gasteiger partial charge in [-0.1, -0.05) is 12.1 Å². The van der Waals surface area contributed by atoms with Gasteiger partial charge in [-0.05, 0) is 30.9 Å². The van der Waals surface area contributed by atoms with Crippen LogP contribution in [0.3, 0.4) is 0 Å². The van der Waals surface area contributed by atoms with E-state index in [1.807, 2.05) is 12.1 Å². The molecule has 1 aromatic carbocycles. The van der Waals surface area contributed by atoms with Crippen LogP contribution < -0.4 is 10.0 Å². The van der Waals surface area contributed by atoms with E-state index in [1.54, 1.807) is 12.1 Å². The van der Waals surface area contributed by atoms with Crippen molar-refractivity contribution in [2.24, 2.45) is 5.92 Å². The van der Waals surface area contributed by atoms with Gasteiger partial charge in [-0.25, -0.2) is 4.21 Å². The third kappa shape index (κ3) is 2.49. The van der Waals surface area contributed by atoms with Crippen molar-refractivity contribution in [3.05, 3.63) is 24.3 Å². The first-order chi connectivity index (χ1) is 7.18. The van der Waals surface area contributed by atoms with Crippen LogP contribution in [0.4, 0.5) is 11.4 Å². The van der Waals surface area contributed by atoms with Gasteiger partial charge in [0.25, 0.3) is 11.3 Å². The van der Waals surface area contributed by atoms with E-state index in [0.29, 0.717) is 23.8 Å². The van der Waals surface area contributed by atoms with Crippen LogP contribution in [-0.2, 0) is 11.3 Å². The van der Waals surface area contributed by atoms with Crippen molar-refractivity contribution < 1.29 is 8.76 Å². The van der Waals surface area contributed by atoms with Crippen LogP contribution in [0.5, 0.6) is 0 Å². The number of benzene rings is 1. The van der Waals surface area contributed by atoms with Crippen LogP contribution in [0.25, 0.3) is 0 Å². The van der Waals surface area contributed by atoms with Crippen LogP contribution in [-0.4, -0.2) is 15.3 Å². The molecule has 1 atom stereocenters. The topological polar surface area (TPSA) is 66.6 Å². The van der Waals surface area contributed by atoms with E-state index in [2.05, 4.69) is 0 Å². The third-order valence-corrected chi connectivity index (χ3v) is 3.24. The largest absolute Gasteiger partial charge is 0.397 e. The van der Waals surface area contributed by atoms with Crippen molar-refractivity contribution in [2.45, 2.75) is 12.8 Å². The summed E-state index contributed by atoms with van der Waals surface area (Å²) in [6.07, 6.45) is 2.28. The Kier molecular flexibility index (Phi) is 2.93. The molecule has 0 aromatic heterocycles. The lowest BCUT2D eigenvalue weighted by Gasteiger charge is -2.21. The summed E-state index contributed by atoms with van der Waals surface area (Å²) < 4.78 is 21.9. The summed E-state index contributed by atoms with van der Waals surface area (Å²) in [4.78, 5) is 0. The van der Waals surface area contributed by atoms with Gasteiger partial charge in [0.05, 0.1) is 11.4 Å². The molecule has 1 aromatic rings. The zero-order valence-corrected chi connectivity index (χ0v) is 9.11. The lowest BCUT2D eigenvalue weighted by atomic mass is 10.2. The quantitative estimate of drug-likeness (QED) is 0.605. The summed E-state index contributed by atoms with van der Waals surface area (Å²) in [5.41, 5.74) is 6.95. The molecule has 0 bridgehead atoms. The first-order valence-electron chi connectivity index (χ1n) is 4.91. The number of hydrogen-bond donors (Lipinski definition) is 2. The minimum Gasteiger partial charge on any atom is -0.397 e. The predicted molar refractivity (Wildman–Crippen MR) is 61.7 cm³/mol. The Labute approximate surface area is 91.5 Å². The van der Waals surface area contributed by atoms with Gasteiger partial charge in [0.2, 0.25) is 0 Å². The molecule has 1 fully saturated rings. The second-order valence-electron chi connectivity index (χ2n) is 3.79. The average Bonchev–Trinajstić information content (AvgIpc) is 2.99. The Hall–Kier alpha value is -1.07. The Balaban J connectivity index is 2.22. The molecule has 3 N–H and O–H groups in total. The normalized spacial score (nSPS) is 17.4. The number of rotatable bonds is 4. The summed E-state index contributed by atoms with van der Waals surface area (Å²) in [6.45, 7) is 0.608. The fourth-order valence-corrected chi connectivity index (χ4v) is 2.17. The molecule has 0 radical (unpaired) electrons. The molecular formula is C10H14N2O2S. The van der Waals surface area contributed by atoms with Crippen molar-refractivity contribution in [2.75, 3.05) is 16.6 Å². The second kappa shape index (κ2) is 4.20. The first-order valence-corrected chi connectivity index (χ1v) is 5.98. The highest BCUT2D eigenvalue weighted by molar-refractivity contribution is 7.80. The number of para-hydroxylation sites is 2. The van der Waals surface area contributed by atoms with Crippen molar-refractivity contribution in [3.8, 4) is 0 Å². The first kappa shape index (κ1) is 10.4. The molecule has 1 aliphatic carbocycles. The average molecular weight is 226 g/mol. The van der Waals surface area contributed by atoms with E-state index in [0.717, 1.165) is 12.8 Å². The highest BCUT2D eigenvalue weighted by Crippen LogP contribution is 2.33. The summed E-state index contributed by atoms with van der Waals surface area (Å²) in [5, 5.41) is 0. The van der Waals surface area contributed by atoms with Gasteiger partial charge < -0.3 is 5.73 Å². The molecule has 0 amide bonds. The maximum absolute atomic E-state index is 11.2. The van der Waals surface area contributed by atoms with Gasteiger partial charge in [-0.15, -0.1) is 0 Å². The molecular weight excluding hydrogens is 212 g/mol. The minimum absolute atomic E-state index is 0.542. The minimum atomic E-state index is -1.99. The standard InChI is InChI=1S/C10H14N2O2S/c11-9-3-1-2-4-10(9)12(15(13)14)7-8-5-6-8/h1-4,8H,5-7,11H2,(H,13,14). The van der Waals surface area contributed by atoms with E-state index in [9.17, 15) is 8.76 Å². The third-order valence-electron chi connectivity index (χ3n) is 2.51. The SMILES string of the molecule is Nc1ccccc1N(CC1CC1)S(=O)O. The highest BCUT2D eigenvalue weighted by Gasteiger charge is 2.27. The smallest absolute Gasteiger partial charge is 0.261 e. The Morgan fingerprint density at radius 3 is 2.67 bits per heavy atom. The lowest BCUT2D eigenvalue weighted by Crippen LogP contribution is -2.28. The molecule has 1 unspecified atom stereocenters. The Morgan fingerprint density at radius 1 is 1.47 bits per heavy atom. The fraction of sp³-hybridized carbons (Fsp3) is 0.400. The van der Waals surface area contributed by atoms with Gasteiger partial charge in [0.15, 0.2) is 0 Å². The predicted octanol–water partition coefficient (Wildman–Crippen LogP) is 1.62. The van der Waals surface area contributed by atoms with Gasteiger partial charge in [0.1, 0.15) is 0 Å². The molecule has 15 heavy (non-hydrogen) atoms. The van der Waals surface area contributed by atoms with Crippen LogP contribution in [0, 0.1) is 5.92 Å². The Bertz CT molecular complexity index is 379.